The molecule has 0 radical (unpaired) electrons. The summed E-state index contributed by atoms with van der Waals surface area (Å²) in [5, 5.41) is 0.797. The lowest BCUT2D eigenvalue weighted by molar-refractivity contribution is 0.301. The monoisotopic (exact) mass is 223 g/mol. The second kappa shape index (κ2) is 4.15. The predicted molar refractivity (Wildman–Crippen MR) is 65.1 cm³/mol. The zero-order valence-electron chi connectivity index (χ0n) is 9.22. The summed E-state index contributed by atoms with van der Waals surface area (Å²) in [5.74, 6) is 0. The third-order valence-electron chi connectivity index (χ3n) is 3.48. The van der Waals surface area contributed by atoms with Gasteiger partial charge in [-0.3, -0.25) is 0 Å². The zero-order valence-corrected chi connectivity index (χ0v) is 9.98. The van der Waals surface area contributed by atoms with Crippen molar-refractivity contribution in [1.82, 2.24) is 0 Å². The Morgan fingerprint density at radius 1 is 1.20 bits per heavy atom. The fraction of sp³-hybridized carbons (Fsp3) is 0.538. The van der Waals surface area contributed by atoms with Crippen LogP contribution in [0.15, 0.2) is 18.2 Å². The Balaban J connectivity index is 2.38. The molecule has 0 unspecified atom stereocenters. The molecule has 0 atom stereocenters. The molecule has 0 heterocycles. The van der Waals surface area contributed by atoms with E-state index in [0.29, 0.717) is 0 Å². The van der Waals surface area contributed by atoms with Gasteiger partial charge in [0, 0.05) is 10.6 Å². The van der Waals surface area contributed by atoms with Crippen LogP contribution in [0, 0.1) is 6.92 Å². The lowest BCUT2D eigenvalue weighted by atomic mass is 9.76. The molecule has 0 bridgehead atoms. The van der Waals surface area contributed by atoms with E-state index >= 15 is 0 Å². The van der Waals surface area contributed by atoms with E-state index in [1.54, 1.807) is 0 Å². The molecule has 0 aliphatic heterocycles. The van der Waals surface area contributed by atoms with Crippen LogP contribution in [0.4, 0.5) is 0 Å². The molecule has 1 aromatic rings. The molecule has 2 rings (SSSR count). The van der Waals surface area contributed by atoms with E-state index < -0.39 is 0 Å². The second-order valence-corrected chi connectivity index (χ2v) is 5.11. The van der Waals surface area contributed by atoms with Crippen LogP contribution < -0.4 is 5.73 Å². The lowest BCUT2D eigenvalue weighted by Crippen LogP contribution is -2.39. The topological polar surface area (TPSA) is 26.0 Å². The highest BCUT2D eigenvalue weighted by atomic mass is 35.5. The van der Waals surface area contributed by atoms with Crippen molar-refractivity contribution >= 4 is 11.6 Å². The van der Waals surface area contributed by atoms with Crippen LogP contribution in [0.25, 0.3) is 0 Å². The van der Waals surface area contributed by atoms with Crippen molar-refractivity contribution in [3.05, 3.63) is 34.3 Å². The summed E-state index contributed by atoms with van der Waals surface area (Å²) in [4.78, 5) is 0. The van der Waals surface area contributed by atoms with Crippen molar-refractivity contribution in [3.8, 4) is 0 Å². The van der Waals surface area contributed by atoms with Crippen LogP contribution in [0.3, 0.4) is 0 Å². The summed E-state index contributed by atoms with van der Waals surface area (Å²) < 4.78 is 0. The number of rotatable bonds is 1. The van der Waals surface area contributed by atoms with Gasteiger partial charge in [-0.2, -0.15) is 0 Å². The van der Waals surface area contributed by atoms with Gasteiger partial charge >= 0.3 is 0 Å². The van der Waals surface area contributed by atoms with Gasteiger partial charge in [0.15, 0.2) is 0 Å². The highest BCUT2D eigenvalue weighted by Gasteiger charge is 2.30. The Hall–Kier alpha value is -0.530. The Morgan fingerprint density at radius 2 is 1.87 bits per heavy atom. The largest absolute Gasteiger partial charge is 0.321 e. The van der Waals surface area contributed by atoms with Crippen molar-refractivity contribution < 1.29 is 0 Å². The Labute approximate surface area is 96.6 Å². The summed E-state index contributed by atoms with van der Waals surface area (Å²) >= 11 is 6.04. The summed E-state index contributed by atoms with van der Waals surface area (Å²) in [6.45, 7) is 2.12. The van der Waals surface area contributed by atoms with Crippen molar-refractivity contribution in [1.29, 1.82) is 0 Å². The van der Waals surface area contributed by atoms with Crippen LogP contribution in [0.2, 0.25) is 5.02 Å². The predicted octanol–water partition coefficient (Wildman–Crippen LogP) is 3.77. The van der Waals surface area contributed by atoms with Gasteiger partial charge in [-0.1, -0.05) is 36.9 Å². The molecule has 1 aliphatic rings. The van der Waals surface area contributed by atoms with Gasteiger partial charge in [-0.05, 0) is 43.0 Å². The molecule has 0 saturated heterocycles. The van der Waals surface area contributed by atoms with E-state index in [1.165, 1.54) is 30.4 Å². The highest BCUT2D eigenvalue weighted by Crippen LogP contribution is 2.37. The molecular formula is C13H18ClN. The van der Waals surface area contributed by atoms with Gasteiger partial charge in [0.2, 0.25) is 0 Å². The normalized spacial score (nSPS) is 20.2. The van der Waals surface area contributed by atoms with E-state index in [1.807, 2.05) is 12.1 Å². The first-order valence-corrected chi connectivity index (χ1v) is 6.05. The molecule has 0 aromatic heterocycles. The van der Waals surface area contributed by atoms with Crippen LogP contribution in [-0.2, 0) is 5.54 Å². The first kappa shape index (κ1) is 11.0. The quantitative estimate of drug-likeness (QED) is 0.771. The number of hydrogen-bond donors (Lipinski definition) is 1. The van der Waals surface area contributed by atoms with E-state index in [-0.39, 0.29) is 5.54 Å². The molecule has 2 heteroatoms. The maximum Gasteiger partial charge on any atom is 0.0412 e. The molecule has 0 spiro atoms. The van der Waals surface area contributed by atoms with Gasteiger partial charge in [0.1, 0.15) is 0 Å². The minimum atomic E-state index is -0.132. The Bertz CT molecular complexity index is 354. The van der Waals surface area contributed by atoms with Gasteiger partial charge in [-0.15, -0.1) is 0 Å². The van der Waals surface area contributed by atoms with Crippen LogP contribution in [0.1, 0.15) is 43.2 Å². The van der Waals surface area contributed by atoms with Gasteiger partial charge < -0.3 is 5.73 Å². The summed E-state index contributed by atoms with van der Waals surface area (Å²) in [6, 6.07) is 6.05. The molecule has 1 aliphatic carbocycles. The van der Waals surface area contributed by atoms with E-state index in [2.05, 4.69) is 13.0 Å². The fourth-order valence-corrected chi connectivity index (χ4v) is 2.75. The summed E-state index contributed by atoms with van der Waals surface area (Å²) in [6.07, 6.45) is 5.98. The van der Waals surface area contributed by atoms with E-state index in [9.17, 15) is 0 Å². The van der Waals surface area contributed by atoms with Crippen molar-refractivity contribution in [2.75, 3.05) is 0 Å². The fourth-order valence-electron chi connectivity index (χ4n) is 2.58. The van der Waals surface area contributed by atoms with Gasteiger partial charge in [0.05, 0.1) is 0 Å². The summed E-state index contributed by atoms with van der Waals surface area (Å²) in [5.41, 5.74) is 8.87. The highest BCUT2D eigenvalue weighted by molar-refractivity contribution is 6.30. The third kappa shape index (κ3) is 2.19. The number of benzene rings is 1. The van der Waals surface area contributed by atoms with Crippen molar-refractivity contribution in [2.24, 2.45) is 5.73 Å². The minimum absolute atomic E-state index is 0.132. The van der Waals surface area contributed by atoms with Crippen LogP contribution in [-0.4, -0.2) is 0 Å². The molecule has 82 valence electrons. The molecule has 1 saturated carbocycles. The van der Waals surface area contributed by atoms with Crippen molar-refractivity contribution in [3.63, 3.8) is 0 Å². The molecule has 15 heavy (non-hydrogen) atoms. The molecule has 1 fully saturated rings. The average Bonchev–Trinajstić information content (AvgIpc) is 2.23. The van der Waals surface area contributed by atoms with E-state index in [4.69, 9.17) is 17.3 Å². The first-order chi connectivity index (χ1) is 7.12. The lowest BCUT2D eigenvalue weighted by Gasteiger charge is -2.35. The standard InChI is InChI=1S/C13H18ClN/c1-10-5-6-11(14)9-12(10)13(15)7-3-2-4-8-13/h5-6,9H,2-4,7-8,15H2,1H3. The maximum atomic E-state index is 6.49. The van der Waals surface area contributed by atoms with Gasteiger partial charge in [-0.25, -0.2) is 0 Å². The Morgan fingerprint density at radius 3 is 2.53 bits per heavy atom. The number of nitrogens with two attached hydrogens (primary N) is 1. The molecule has 0 amide bonds. The minimum Gasteiger partial charge on any atom is -0.321 e. The number of aryl methyl sites for hydroxylation is 1. The first-order valence-electron chi connectivity index (χ1n) is 5.67. The molecular weight excluding hydrogens is 206 g/mol. The molecule has 2 N–H and O–H groups in total. The molecule has 1 nitrogen and oxygen atoms in total. The second-order valence-electron chi connectivity index (χ2n) is 4.68. The number of halogens is 1. The SMILES string of the molecule is Cc1ccc(Cl)cc1C1(N)CCCCC1. The average molecular weight is 224 g/mol. The Kier molecular flexibility index (Phi) is 3.03. The van der Waals surface area contributed by atoms with Crippen LogP contribution >= 0.6 is 11.6 Å². The smallest absolute Gasteiger partial charge is 0.0412 e. The van der Waals surface area contributed by atoms with Crippen LogP contribution in [0.5, 0.6) is 0 Å². The maximum absolute atomic E-state index is 6.49. The van der Waals surface area contributed by atoms with Crippen molar-refractivity contribution in [2.45, 2.75) is 44.6 Å². The third-order valence-corrected chi connectivity index (χ3v) is 3.72. The molecule has 1 aromatic carbocycles. The number of hydrogen-bond acceptors (Lipinski definition) is 1. The van der Waals surface area contributed by atoms with E-state index in [0.717, 1.165) is 17.9 Å². The zero-order chi connectivity index (χ0) is 10.9. The van der Waals surface area contributed by atoms with Gasteiger partial charge in [0.25, 0.3) is 0 Å². The summed E-state index contributed by atoms with van der Waals surface area (Å²) in [7, 11) is 0.